The second kappa shape index (κ2) is 6.85. The minimum atomic E-state index is -0.540. The van der Waals surface area contributed by atoms with Crippen molar-refractivity contribution in [1.29, 1.82) is 0 Å². The monoisotopic (exact) mass is 237 g/mol. The topological polar surface area (TPSA) is 65.5 Å². The molecule has 17 heavy (non-hydrogen) atoms. The zero-order chi connectivity index (χ0) is 12.7. The third-order valence-electron chi connectivity index (χ3n) is 2.42. The van der Waals surface area contributed by atoms with E-state index in [0.29, 0.717) is 5.56 Å². The smallest absolute Gasteiger partial charge is 0.276 e. The van der Waals surface area contributed by atoms with E-state index in [1.807, 2.05) is 0 Å². The molecule has 0 aliphatic carbocycles. The molecule has 0 bridgehead atoms. The van der Waals surface area contributed by atoms with Crippen molar-refractivity contribution in [2.75, 3.05) is 18.0 Å². The molecule has 0 aromatic carbocycles. The molecule has 0 saturated heterocycles. The Kier molecular flexibility index (Phi) is 5.42. The van der Waals surface area contributed by atoms with Crippen LogP contribution in [0.2, 0.25) is 0 Å². The molecule has 1 rings (SSSR count). The lowest BCUT2D eigenvalue weighted by Crippen LogP contribution is -2.26. The van der Waals surface area contributed by atoms with Crippen molar-refractivity contribution in [1.82, 2.24) is 10.5 Å². The van der Waals surface area contributed by atoms with Gasteiger partial charge in [0.25, 0.3) is 5.91 Å². The molecule has 0 atom stereocenters. The number of nitrogens with one attached hydrogen (secondary N) is 1. The Bertz CT molecular complexity index is 345. The van der Waals surface area contributed by atoms with Crippen LogP contribution in [0.5, 0.6) is 0 Å². The second-order valence-corrected chi connectivity index (χ2v) is 3.83. The van der Waals surface area contributed by atoms with Crippen LogP contribution in [0.1, 0.15) is 37.0 Å². The largest absolute Gasteiger partial charge is 0.357 e. The van der Waals surface area contributed by atoms with E-state index < -0.39 is 5.91 Å². The van der Waals surface area contributed by atoms with Gasteiger partial charge in [0.1, 0.15) is 5.82 Å². The van der Waals surface area contributed by atoms with Gasteiger partial charge in [0.2, 0.25) is 0 Å². The van der Waals surface area contributed by atoms with Crippen molar-refractivity contribution >= 4 is 11.7 Å². The number of anilines is 1. The predicted octanol–water partition coefficient (Wildman–Crippen LogP) is 1.83. The third kappa shape index (κ3) is 3.71. The summed E-state index contributed by atoms with van der Waals surface area (Å²) in [5.74, 6) is 0.324. The summed E-state index contributed by atoms with van der Waals surface area (Å²) >= 11 is 0. The number of hydroxylamine groups is 1. The molecule has 0 saturated carbocycles. The van der Waals surface area contributed by atoms with Crippen LogP contribution in [-0.2, 0) is 0 Å². The summed E-state index contributed by atoms with van der Waals surface area (Å²) in [7, 11) is 0. The summed E-state index contributed by atoms with van der Waals surface area (Å²) in [4.78, 5) is 17.6. The highest BCUT2D eigenvalue weighted by Crippen LogP contribution is 2.12. The lowest BCUT2D eigenvalue weighted by atomic mass is 10.2. The molecule has 0 fully saturated rings. The van der Waals surface area contributed by atoms with Crippen LogP contribution < -0.4 is 10.4 Å². The van der Waals surface area contributed by atoms with E-state index in [4.69, 9.17) is 5.21 Å². The zero-order valence-electron chi connectivity index (χ0n) is 10.3. The van der Waals surface area contributed by atoms with Crippen molar-refractivity contribution < 1.29 is 10.0 Å². The molecule has 0 unspecified atom stereocenters. The van der Waals surface area contributed by atoms with E-state index >= 15 is 0 Å². The van der Waals surface area contributed by atoms with E-state index in [-0.39, 0.29) is 0 Å². The van der Waals surface area contributed by atoms with Crippen LogP contribution in [0.4, 0.5) is 5.82 Å². The molecule has 2 N–H and O–H groups in total. The van der Waals surface area contributed by atoms with Gasteiger partial charge in [-0.25, -0.2) is 10.5 Å². The first kappa shape index (κ1) is 13.4. The van der Waals surface area contributed by atoms with Gasteiger partial charge in [-0.1, -0.05) is 13.8 Å². The predicted molar refractivity (Wildman–Crippen MR) is 66.3 cm³/mol. The Hall–Kier alpha value is -1.62. The molecule has 0 radical (unpaired) electrons. The fourth-order valence-corrected chi connectivity index (χ4v) is 1.65. The van der Waals surface area contributed by atoms with Crippen molar-refractivity contribution in [3.8, 4) is 0 Å². The average Bonchev–Trinajstić information content (AvgIpc) is 2.38. The highest BCUT2D eigenvalue weighted by molar-refractivity contribution is 5.93. The molecule has 5 nitrogen and oxygen atoms in total. The molecule has 5 heteroatoms. The minimum Gasteiger partial charge on any atom is -0.357 e. The van der Waals surface area contributed by atoms with E-state index in [2.05, 4.69) is 23.7 Å². The lowest BCUT2D eigenvalue weighted by Gasteiger charge is -2.22. The second-order valence-electron chi connectivity index (χ2n) is 3.83. The van der Waals surface area contributed by atoms with Crippen molar-refractivity contribution in [3.63, 3.8) is 0 Å². The Balaban J connectivity index is 2.80. The van der Waals surface area contributed by atoms with Gasteiger partial charge in [-0.2, -0.15) is 0 Å². The van der Waals surface area contributed by atoms with Crippen LogP contribution in [0.25, 0.3) is 0 Å². The average molecular weight is 237 g/mol. The van der Waals surface area contributed by atoms with Gasteiger partial charge in [-0.15, -0.1) is 0 Å². The Morgan fingerprint density at radius 3 is 2.41 bits per heavy atom. The number of nitrogens with zero attached hydrogens (tertiary/aromatic N) is 2. The molecule has 1 heterocycles. The molecular formula is C12H19N3O2. The van der Waals surface area contributed by atoms with E-state index in [9.17, 15) is 4.79 Å². The van der Waals surface area contributed by atoms with Gasteiger partial charge in [0.05, 0.1) is 5.56 Å². The number of hydrogen-bond acceptors (Lipinski definition) is 4. The highest BCUT2D eigenvalue weighted by atomic mass is 16.5. The van der Waals surface area contributed by atoms with Gasteiger partial charge in [0, 0.05) is 19.3 Å². The Labute approximate surface area is 101 Å². The van der Waals surface area contributed by atoms with E-state index in [1.54, 1.807) is 17.6 Å². The molecule has 1 aromatic heterocycles. The Morgan fingerprint density at radius 2 is 2.00 bits per heavy atom. The molecule has 94 valence electrons. The van der Waals surface area contributed by atoms with E-state index in [1.165, 1.54) is 6.20 Å². The summed E-state index contributed by atoms with van der Waals surface area (Å²) in [5.41, 5.74) is 1.94. The number of pyridine rings is 1. The first-order chi connectivity index (χ1) is 8.22. The SMILES string of the molecule is CCCN(CCC)c1ccc(C(=O)NO)cn1. The van der Waals surface area contributed by atoms with Crippen LogP contribution in [0, 0.1) is 0 Å². The van der Waals surface area contributed by atoms with Gasteiger partial charge >= 0.3 is 0 Å². The first-order valence-electron chi connectivity index (χ1n) is 5.88. The van der Waals surface area contributed by atoms with E-state index in [0.717, 1.165) is 31.7 Å². The summed E-state index contributed by atoms with van der Waals surface area (Å²) in [6, 6.07) is 3.46. The zero-order valence-corrected chi connectivity index (χ0v) is 10.3. The fourth-order valence-electron chi connectivity index (χ4n) is 1.65. The highest BCUT2D eigenvalue weighted by Gasteiger charge is 2.08. The van der Waals surface area contributed by atoms with Crippen LogP contribution in [0.3, 0.4) is 0 Å². The summed E-state index contributed by atoms with van der Waals surface area (Å²) in [5, 5.41) is 8.50. The van der Waals surface area contributed by atoms with Crippen LogP contribution in [-0.4, -0.2) is 29.2 Å². The molecule has 1 aromatic rings. The summed E-state index contributed by atoms with van der Waals surface area (Å²) < 4.78 is 0. The van der Waals surface area contributed by atoms with Gasteiger partial charge in [0.15, 0.2) is 0 Å². The quantitative estimate of drug-likeness (QED) is 0.585. The number of hydrogen-bond donors (Lipinski definition) is 2. The maximum absolute atomic E-state index is 11.1. The molecule has 0 spiro atoms. The van der Waals surface area contributed by atoms with Crippen molar-refractivity contribution in [2.45, 2.75) is 26.7 Å². The van der Waals surface area contributed by atoms with Gasteiger partial charge in [-0.3, -0.25) is 10.0 Å². The maximum atomic E-state index is 11.1. The van der Waals surface area contributed by atoms with Crippen molar-refractivity contribution in [3.05, 3.63) is 23.9 Å². The van der Waals surface area contributed by atoms with Crippen molar-refractivity contribution in [2.24, 2.45) is 0 Å². The summed E-state index contributed by atoms with van der Waals surface area (Å²) in [6.45, 7) is 6.14. The first-order valence-corrected chi connectivity index (χ1v) is 5.88. The number of carbonyl (C=O) groups excluding carboxylic acids is 1. The van der Waals surface area contributed by atoms with Crippen LogP contribution >= 0.6 is 0 Å². The number of amides is 1. The number of carbonyl (C=O) groups is 1. The normalized spacial score (nSPS) is 10.1. The summed E-state index contributed by atoms with van der Waals surface area (Å²) in [6.07, 6.45) is 3.58. The van der Waals surface area contributed by atoms with Gasteiger partial charge in [-0.05, 0) is 25.0 Å². The van der Waals surface area contributed by atoms with Crippen LogP contribution in [0.15, 0.2) is 18.3 Å². The third-order valence-corrected chi connectivity index (χ3v) is 2.42. The maximum Gasteiger partial charge on any atom is 0.276 e. The molecular weight excluding hydrogens is 218 g/mol. The molecule has 1 amide bonds. The molecule has 0 aliphatic rings. The standard InChI is InChI=1S/C12H19N3O2/c1-3-7-15(8-4-2)11-6-5-10(9-13-11)12(16)14-17/h5-6,9,17H,3-4,7-8H2,1-2H3,(H,14,16). The number of rotatable bonds is 6. The fraction of sp³-hybridized carbons (Fsp3) is 0.500. The Morgan fingerprint density at radius 1 is 1.35 bits per heavy atom. The lowest BCUT2D eigenvalue weighted by molar-refractivity contribution is 0.0706. The minimum absolute atomic E-state index is 0.351. The number of aromatic nitrogens is 1. The molecule has 0 aliphatic heterocycles. The van der Waals surface area contributed by atoms with Gasteiger partial charge < -0.3 is 4.90 Å².